The second-order valence-electron chi connectivity index (χ2n) is 6.22. The molecular formula is C17H19F2N3O3S. The van der Waals surface area contributed by atoms with Crippen LogP contribution >= 0.6 is 0 Å². The number of halogens is 2. The zero-order valence-corrected chi connectivity index (χ0v) is 15.3. The normalized spacial score (nSPS) is 16.6. The largest absolute Gasteiger partial charge is 0.474 e. The predicted molar refractivity (Wildman–Crippen MR) is 90.3 cm³/mol. The first-order valence-corrected chi connectivity index (χ1v) is 9.63. The molecule has 9 heteroatoms. The van der Waals surface area contributed by atoms with Crippen molar-refractivity contribution in [3.8, 4) is 5.88 Å². The molecule has 1 aromatic carbocycles. The van der Waals surface area contributed by atoms with Gasteiger partial charge in [0.05, 0.1) is 4.90 Å². The van der Waals surface area contributed by atoms with E-state index < -0.39 is 21.7 Å². The van der Waals surface area contributed by atoms with Gasteiger partial charge in [0.25, 0.3) is 0 Å². The molecular weight excluding hydrogens is 364 g/mol. The molecule has 0 amide bonds. The number of sulfonamides is 1. The summed E-state index contributed by atoms with van der Waals surface area (Å²) in [5, 5.41) is 0. The minimum atomic E-state index is -3.94. The minimum absolute atomic E-state index is 0.181. The molecule has 0 saturated carbocycles. The van der Waals surface area contributed by atoms with Crippen LogP contribution in [0.1, 0.15) is 24.4 Å². The van der Waals surface area contributed by atoms with E-state index in [4.69, 9.17) is 4.74 Å². The highest BCUT2D eigenvalue weighted by Gasteiger charge is 2.31. The summed E-state index contributed by atoms with van der Waals surface area (Å²) >= 11 is 0. The van der Waals surface area contributed by atoms with Gasteiger partial charge in [-0.15, -0.1) is 0 Å². The molecule has 0 N–H and O–H groups in total. The predicted octanol–water partition coefficient (Wildman–Crippen LogP) is 2.60. The van der Waals surface area contributed by atoms with Gasteiger partial charge in [-0.3, -0.25) is 0 Å². The van der Waals surface area contributed by atoms with Crippen LogP contribution in [0, 0.1) is 25.5 Å². The van der Waals surface area contributed by atoms with E-state index in [1.54, 1.807) is 13.0 Å². The Hall–Kier alpha value is -2.13. The van der Waals surface area contributed by atoms with E-state index in [2.05, 4.69) is 9.97 Å². The molecule has 140 valence electrons. The molecule has 0 radical (unpaired) electrons. The Labute approximate surface area is 150 Å². The van der Waals surface area contributed by atoms with Crippen LogP contribution in [-0.2, 0) is 10.0 Å². The average Bonchev–Trinajstić information content (AvgIpc) is 2.53. The van der Waals surface area contributed by atoms with Gasteiger partial charge in [-0.05, 0) is 38.8 Å². The fraction of sp³-hybridized carbons (Fsp3) is 0.412. The summed E-state index contributed by atoms with van der Waals surface area (Å²) in [5.74, 6) is -0.774. The van der Waals surface area contributed by atoms with Crippen molar-refractivity contribution in [1.82, 2.24) is 14.3 Å². The summed E-state index contributed by atoms with van der Waals surface area (Å²) < 4.78 is 58.9. The monoisotopic (exact) mass is 383 g/mol. The van der Waals surface area contributed by atoms with Gasteiger partial charge in [0, 0.05) is 30.9 Å². The van der Waals surface area contributed by atoms with Crippen LogP contribution in [0.5, 0.6) is 5.88 Å². The summed E-state index contributed by atoms with van der Waals surface area (Å²) in [4.78, 5) is 8.02. The Kier molecular flexibility index (Phi) is 5.19. The van der Waals surface area contributed by atoms with E-state index in [1.165, 1.54) is 4.31 Å². The summed E-state index contributed by atoms with van der Waals surface area (Å²) in [6.45, 7) is 4.02. The zero-order chi connectivity index (χ0) is 18.9. The number of ether oxygens (including phenoxy) is 1. The number of aryl methyl sites for hydroxylation is 2. The molecule has 26 heavy (non-hydrogen) atoms. The number of hydrogen-bond acceptors (Lipinski definition) is 5. The second kappa shape index (κ2) is 7.24. The number of aromatic nitrogens is 2. The van der Waals surface area contributed by atoms with Gasteiger partial charge in [-0.1, -0.05) is 0 Å². The Balaban J connectivity index is 1.67. The maximum Gasteiger partial charge on any atom is 0.243 e. The lowest BCUT2D eigenvalue weighted by Crippen LogP contribution is -2.41. The molecule has 1 aliphatic rings. The number of benzene rings is 1. The number of hydrogen-bond donors (Lipinski definition) is 0. The SMILES string of the molecule is Cc1cc(OC2CCN(S(=O)(=O)c3cc(F)cc(F)c3)CC2)nc(C)n1. The third-order valence-corrected chi connectivity index (χ3v) is 5.98. The molecule has 1 fully saturated rings. The van der Waals surface area contributed by atoms with Crippen molar-refractivity contribution in [3.63, 3.8) is 0 Å². The van der Waals surface area contributed by atoms with Gasteiger partial charge in [-0.25, -0.2) is 22.2 Å². The van der Waals surface area contributed by atoms with Crippen molar-refractivity contribution in [2.75, 3.05) is 13.1 Å². The lowest BCUT2D eigenvalue weighted by atomic mass is 10.1. The van der Waals surface area contributed by atoms with E-state index in [0.717, 1.165) is 17.8 Å². The van der Waals surface area contributed by atoms with E-state index in [0.29, 0.717) is 30.6 Å². The number of nitrogens with zero attached hydrogens (tertiary/aromatic N) is 3. The molecule has 0 bridgehead atoms. The molecule has 1 aliphatic heterocycles. The highest BCUT2D eigenvalue weighted by atomic mass is 32.2. The standard InChI is InChI=1S/C17H19F2N3O3S/c1-11-7-17(21-12(2)20-11)25-15-3-5-22(6-4-15)26(23,24)16-9-13(18)8-14(19)10-16/h7-10,15H,3-6H2,1-2H3. The summed E-state index contributed by atoms with van der Waals surface area (Å²) in [7, 11) is -3.94. The molecule has 3 rings (SSSR count). The van der Waals surface area contributed by atoms with Crippen LogP contribution < -0.4 is 4.74 Å². The van der Waals surface area contributed by atoms with E-state index >= 15 is 0 Å². The van der Waals surface area contributed by atoms with E-state index in [-0.39, 0.29) is 24.1 Å². The number of piperidine rings is 1. The lowest BCUT2D eigenvalue weighted by molar-refractivity contribution is 0.129. The maximum atomic E-state index is 13.3. The van der Waals surface area contributed by atoms with Gasteiger partial charge in [0.1, 0.15) is 23.6 Å². The van der Waals surface area contributed by atoms with Gasteiger partial charge in [-0.2, -0.15) is 9.29 Å². The fourth-order valence-electron chi connectivity index (χ4n) is 2.93. The van der Waals surface area contributed by atoms with E-state index in [9.17, 15) is 17.2 Å². The molecule has 2 heterocycles. The number of rotatable bonds is 4. The van der Waals surface area contributed by atoms with Crippen molar-refractivity contribution in [3.05, 3.63) is 47.4 Å². The first kappa shape index (κ1) is 18.7. The fourth-order valence-corrected chi connectivity index (χ4v) is 4.44. The van der Waals surface area contributed by atoms with Crippen molar-refractivity contribution >= 4 is 10.0 Å². The van der Waals surface area contributed by atoms with Crippen LogP contribution in [0.25, 0.3) is 0 Å². The van der Waals surface area contributed by atoms with Crippen LogP contribution in [-0.4, -0.2) is 41.9 Å². The van der Waals surface area contributed by atoms with Gasteiger partial charge in [0.15, 0.2) is 0 Å². The molecule has 2 aromatic rings. The quantitative estimate of drug-likeness (QED) is 0.812. The highest BCUT2D eigenvalue weighted by molar-refractivity contribution is 7.89. The third kappa shape index (κ3) is 4.16. The molecule has 6 nitrogen and oxygen atoms in total. The molecule has 0 spiro atoms. The smallest absolute Gasteiger partial charge is 0.243 e. The first-order valence-electron chi connectivity index (χ1n) is 8.19. The molecule has 1 aromatic heterocycles. The molecule has 0 unspecified atom stereocenters. The van der Waals surface area contributed by atoms with Crippen molar-refractivity contribution < 1.29 is 21.9 Å². The maximum absolute atomic E-state index is 13.3. The molecule has 0 aliphatic carbocycles. The van der Waals surface area contributed by atoms with Gasteiger partial charge in [0.2, 0.25) is 15.9 Å². The summed E-state index contributed by atoms with van der Waals surface area (Å²) in [6.07, 6.45) is 0.734. The Morgan fingerprint density at radius 3 is 2.23 bits per heavy atom. The average molecular weight is 383 g/mol. The molecule has 1 saturated heterocycles. The van der Waals surface area contributed by atoms with Crippen LogP contribution in [0.3, 0.4) is 0 Å². The van der Waals surface area contributed by atoms with Crippen LogP contribution in [0.4, 0.5) is 8.78 Å². The summed E-state index contributed by atoms with van der Waals surface area (Å²) in [5.41, 5.74) is 0.792. The lowest BCUT2D eigenvalue weighted by Gasteiger charge is -2.31. The summed E-state index contributed by atoms with van der Waals surface area (Å²) in [6, 6.07) is 4.03. The van der Waals surface area contributed by atoms with Gasteiger partial charge >= 0.3 is 0 Å². The van der Waals surface area contributed by atoms with E-state index in [1.807, 2.05) is 6.92 Å². The Bertz CT molecular complexity index is 873. The van der Waals surface area contributed by atoms with Gasteiger partial charge < -0.3 is 4.74 Å². The van der Waals surface area contributed by atoms with Crippen molar-refractivity contribution in [2.24, 2.45) is 0 Å². The van der Waals surface area contributed by atoms with Crippen LogP contribution in [0.2, 0.25) is 0 Å². The highest BCUT2D eigenvalue weighted by Crippen LogP contribution is 2.24. The zero-order valence-electron chi connectivity index (χ0n) is 14.4. The van der Waals surface area contributed by atoms with Crippen molar-refractivity contribution in [2.45, 2.75) is 37.7 Å². The third-order valence-electron chi connectivity index (χ3n) is 4.10. The minimum Gasteiger partial charge on any atom is -0.474 e. The molecule has 0 atom stereocenters. The Morgan fingerprint density at radius 2 is 1.65 bits per heavy atom. The van der Waals surface area contributed by atoms with Crippen LogP contribution in [0.15, 0.2) is 29.2 Å². The Morgan fingerprint density at radius 1 is 1.04 bits per heavy atom. The van der Waals surface area contributed by atoms with Crippen molar-refractivity contribution in [1.29, 1.82) is 0 Å². The first-order chi connectivity index (χ1) is 12.2. The topological polar surface area (TPSA) is 72.4 Å². The second-order valence-corrected chi connectivity index (χ2v) is 8.16.